The van der Waals surface area contributed by atoms with Crippen LogP contribution in [0, 0.1) is 18.4 Å². The van der Waals surface area contributed by atoms with Crippen LogP contribution in [0.2, 0.25) is 0 Å². The lowest BCUT2D eigenvalue weighted by Gasteiger charge is -2.03. The summed E-state index contributed by atoms with van der Waals surface area (Å²) < 4.78 is 1.27. The SMILES string of the molecule is Cc1cc(=O)n(C)c(NC#N)n1. The number of aryl methyl sites for hydroxylation is 1. The van der Waals surface area contributed by atoms with E-state index in [1.807, 2.05) is 0 Å². The van der Waals surface area contributed by atoms with Crippen molar-refractivity contribution in [2.45, 2.75) is 6.92 Å². The van der Waals surface area contributed by atoms with Gasteiger partial charge < -0.3 is 0 Å². The Morgan fingerprint density at radius 3 is 3.00 bits per heavy atom. The van der Waals surface area contributed by atoms with Gasteiger partial charge >= 0.3 is 0 Å². The third kappa shape index (κ3) is 1.42. The Morgan fingerprint density at radius 2 is 2.42 bits per heavy atom. The molecule has 0 atom stereocenters. The van der Waals surface area contributed by atoms with Gasteiger partial charge in [-0.3, -0.25) is 14.7 Å². The van der Waals surface area contributed by atoms with Crippen LogP contribution in [0.25, 0.3) is 0 Å². The summed E-state index contributed by atoms with van der Waals surface area (Å²) in [6, 6.07) is 1.41. The average Bonchev–Trinajstić information content (AvgIpc) is 2.00. The van der Waals surface area contributed by atoms with Gasteiger partial charge in [0.1, 0.15) is 0 Å². The number of nitrogens with zero attached hydrogens (tertiary/aromatic N) is 3. The van der Waals surface area contributed by atoms with E-state index in [2.05, 4.69) is 10.3 Å². The summed E-state index contributed by atoms with van der Waals surface area (Å²) in [5, 5.41) is 10.6. The molecule has 1 aromatic heterocycles. The van der Waals surface area contributed by atoms with Crippen molar-refractivity contribution < 1.29 is 0 Å². The number of rotatable bonds is 1. The molecule has 0 spiro atoms. The molecule has 0 aliphatic carbocycles. The molecule has 1 N–H and O–H groups in total. The normalized spacial score (nSPS) is 9.08. The Bertz CT molecular complexity index is 387. The van der Waals surface area contributed by atoms with Gasteiger partial charge in [-0.15, -0.1) is 0 Å². The molecule has 0 unspecified atom stereocenters. The quantitative estimate of drug-likeness (QED) is 0.467. The van der Waals surface area contributed by atoms with Crippen LogP contribution in [-0.4, -0.2) is 9.55 Å². The Labute approximate surface area is 69.3 Å². The fourth-order valence-corrected chi connectivity index (χ4v) is 0.816. The number of aromatic nitrogens is 2. The van der Waals surface area contributed by atoms with E-state index < -0.39 is 0 Å². The number of hydrogen-bond acceptors (Lipinski definition) is 4. The molecule has 0 saturated heterocycles. The average molecular weight is 164 g/mol. The molecule has 0 radical (unpaired) electrons. The second-order valence-corrected chi connectivity index (χ2v) is 2.36. The van der Waals surface area contributed by atoms with Crippen molar-refractivity contribution >= 4 is 5.95 Å². The highest BCUT2D eigenvalue weighted by Gasteiger charge is 2.00. The van der Waals surface area contributed by atoms with Crippen LogP contribution in [0.1, 0.15) is 5.69 Å². The van der Waals surface area contributed by atoms with Crippen molar-refractivity contribution in [3.63, 3.8) is 0 Å². The van der Waals surface area contributed by atoms with E-state index in [9.17, 15) is 4.79 Å². The number of hydrogen-bond donors (Lipinski definition) is 1. The second kappa shape index (κ2) is 3.05. The zero-order valence-corrected chi connectivity index (χ0v) is 6.83. The van der Waals surface area contributed by atoms with Crippen LogP contribution in [0.3, 0.4) is 0 Å². The highest BCUT2D eigenvalue weighted by atomic mass is 16.1. The van der Waals surface area contributed by atoms with E-state index in [4.69, 9.17) is 5.26 Å². The van der Waals surface area contributed by atoms with Crippen LogP contribution in [-0.2, 0) is 7.05 Å². The van der Waals surface area contributed by atoms with Crippen molar-refractivity contribution in [1.29, 1.82) is 5.26 Å². The molecule has 1 heterocycles. The van der Waals surface area contributed by atoms with Gasteiger partial charge in [0.05, 0.1) is 0 Å². The second-order valence-electron chi connectivity index (χ2n) is 2.36. The van der Waals surface area contributed by atoms with Gasteiger partial charge in [-0.2, -0.15) is 5.26 Å². The molecular weight excluding hydrogens is 156 g/mol. The zero-order chi connectivity index (χ0) is 9.14. The molecule has 5 nitrogen and oxygen atoms in total. The van der Waals surface area contributed by atoms with E-state index in [1.54, 1.807) is 20.2 Å². The number of anilines is 1. The molecule has 12 heavy (non-hydrogen) atoms. The van der Waals surface area contributed by atoms with Crippen molar-refractivity contribution in [3.05, 3.63) is 22.1 Å². The minimum absolute atomic E-state index is 0.180. The monoisotopic (exact) mass is 164 g/mol. The maximum atomic E-state index is 11.1. The van der Waals surface area contributed by atoms with E-state index >= 15 is 0 Å². The molecule has 0 saturated carbocycles. The molecular formula is C7H8N4O. The predicted octanol–water partition coefficient (Wildman–Crippen LogP) is -0.0183. The largest absolute Gasteiger partial charge is 0.281 e. The lowest BCUT2D eigenvalue weighted by molar-refractivity contribution is 0.828. The number of nitrogens with one attached hydrogen (secondary N) is 1. The van der Waals surface area contributed by atoms with E-state index in [0.717, 1.165) is 0 Å². The summed E-state index contributed by atoms with van der Waals surface area (Å²) in [4.78, 5) is 15.1. The molecule has 1 aromatic rings. The van der Waals surface area contributed by atoms with E-state index in [0.29, 0.717) is 5.69 Å². The Morgan fingerprint density at radius 1 is 1.75 bits per heavy atom. The molecule has 5 heteroatoms. The lowest BCUT2D eigenvalue weighted by atomic mass is 10.4. The first kappa shape index (κ1) is 8.27. The zero-order valence-electron chi connectivity index (χ0n) is 6.83. The molecule has 62 valence electrons. The summed E-state index contributed by atoms with van der Waals surface area (Å²) in [5.74, 6) is 0.266. The van der Waals surface area contributed by atoms with Gasteiger partial charge in [-0.1, -0.05) is 0 Å². The highest BCUT2D eigenvalue weighted by Crippen LogP contribution is 1.97. The van der Waals surface area contributed by atoms with Gasteiger partial charge in [-0.05, 0) is 6.92 Å². The van der Waals surface area contributed by atoms with Crippen LogP contribution >= 0.6 is 0 Å². The van der Waals surface area contributed by atoms with Gasteiger partial charge in [0.25, 0.3) is 5.56 Å². The Kier molecular flexibility index (Phi) is 2.10. The van der Waals surface area contributed by atoms with Crippen LogP contribution in [0.5, 0.6) is 0 Å². The van der Waals surface area contributed by atoms with Crippen molar-refractivity contribution in [2.75, 3.05) is 5.32 Å². The van der Waals surface area contributed by atoms with E-state index in [-0.39, 0.29) is 11.5 Å². The van der Waals surface area contributed by atoms with Gasteiger partial charge in [0, 0.05) is 18.8 Å². The highest BCUT2D eigenvalue weighted by molar-refractivity contribution is 5.31. The fourth-order valence-electron chi connectivity index (χ4n) is 0.816. The Hall–Kier alpha value is -1.83. The molecule has 0 aromatic carbocycles. The first-order valence-electron chi connectivity index (χ1n) is 3.35. The first-order valence-corrected chi connectivity index (χ1v) is 3.35. The maximum absolute atomic E-state index is 11.1. The van der Waals surface area contributed by atoms with Gasteiger partial charge in [0.2, 0.25) is 5.95 Å². The summed E-state index contributed by atoms with van der Waals surface area (Å²) in [5.41, 5.74) is 0.413. The Balaban J connectivity index is 3.30. The molecule has 0 aliphatic heterocycles. The van der Waals surface area contributed by atoms with Crippen molar-refractivity contribution in [2.24, 2.45) is 7.05 Å². The predicted molar refractivity (Wildman–Crippen MR) is 43.5 cm³/mol. The smallest absolute Gasteiger partial charge is 0.254 e. The lowest BCUT2D eigenvalue weighted by Crippen LogP contribution is -2.20. The summed E-state index contributed by atoms with van der Waals surface area (Å²) in [6.45, 7) is 1.70. The van der Waals surface area contributed by atoms with Crippen LogP contribution in [0.4, 0.5) is 5.95 Å². The summed E-state index contributed by atoms with van der Waals surface area (Å²) >= 11 is 0. The molecule has 0 bridgehead atoms. The van der Waals surface area contributed by atoms with E-state index in [1.165, 1.54) is 10.6 Å². The van der Waals surface area contributed by atoms with Gasteiger partial charge in [0.15, 0.2) is 6.19 Å². The number of nitriles is 1. The fraction of sp³-hybridized carbons (Fsp3) is 0.286. The van der Waals surface area contributed by atoms with Crippen LogP contribution in [0.15, 0.2) is 10.9 Å². The van der Waals surface area contributed by atoms with Crippen molar-refractivity contribution in [1.82, 2.24) is 9.55 Å². The third-order valence-corrected chi connectivity index (χ3v) is 1.43. The molecule has 0 aliphatic rings. The standard InChI is InChI=1S/C7H8N4O/c1-5-3-6(12)11(2)7(10-5)9-4-8/h3H,1-2H3,(H,9,10). The van der Waals surface area contributed by atoms with Crippen LogP contribution < -0.4 is 10.9 Å². The topological polar surface area (TPSA) is 70.7 Å². The summed E-state index contributed by atoms with van der Waals surface area (Å²) in [7, 11) is 1.55. The minimum Gasteiger partial charge on any atom is -0.281 e. The van der Waals surface area contributed by atoms with Crippen molar-refractivity contribution in [3.8, 4) is 6.19 Å². The maximum Gasteiger partial charge on any atom is 0.254 e. The third-order valence-electron chi connectivity index (χ3n) is 1.43. The minimum atomic E-state index is -0.180. The molecule has 0 amide bonds. The molecule has 1 rings (SSSR count). The van der Waals surface area contributed by atoms with Gasteiger partial charge in [-0.25, -0.2) is 4.98 Å². The molecule has 0 fully saturated rings. The summed E-state index contributed by atoms with van der Waals surface area (Å²) in [6.07, 6.45) is 1.71. The first-order chi connectivity index (χ1) is 5.65.